The Hall–Kier alpha value is -0.950. The van der Waals surface area contributed by atoms with Crippen LogP contribution in [0.15, 0.2) is 6.20 Å². The Kier molecular flexibility index (Phi) is 4.31. The van der Waals surface area contributed by atoms with Crippen LogP contribution in [-0.2, 0) is 11.3 Å². The maximum atomic E-state index is 9.27. The van der Waals surface area contributed by atoms with E-state index in [-0.39, 0.29) is 12.0 Å². The maximum absolute atomic E-state index is 9.27. The molecule has 0 aromatic carbocycles. The zero-order valence-corrected chi connectivity index (χ0v) is 13.5. The Morgan fingerprint density at radius 3 is 3.10 bits per heavy atom. The van der Waals surface area contributed by atoms with Gasteiger partial charge in [-0.1, -0.05) is 0 Å². The first kappa shape index (κ1) is 15.0. The third-order valence-corrected chi connectivity index (χ3v) is 5.26. The van der Waals surface area contributed by atoms with Crippen molar-refractivity contribution in [3.8, 4) is 0 Å². The number of thiazole rings is 1. The molecule has 1 saturated heterocycles. The average Bonchev–Trinajstić information content (AvgIpc) is 3.09. The van der Waals surface area contributed by atoms with Crippen LogP contribution < -0.4 is 5.32 Å². The molecular weight excluding hydrogens is 286 g/mol. The number of aromatic nitrogens is 2. The summed E-state index contributed by atoms with van der Waals surface area (Å²) in [5.74, 6) is 0. The Morgan fingerprint density at radius 2 is 2.38 bits per heavy atom. The standard InChI is InChI=1S/C15H23N3O2S/c1-11-8-18-13(12(2)17-14(18)21-11)7-16-9-15(3-5-19)4-6-20-10-15/h8,16,19H,3-7,9-10H2,1-2H3. The molecule has 1 unspecified atom stereocenters. The van der Waals surface area contributed by atoms with E-state index < -0.39 is 0 Å². The second-order valence-electron chi connectivity index (χ2n) is 6.02. The fraction of sp³-hybridized carbons (Fsp3) is 0.667. The highest BCUT2D eigenvalue weighted by molar-refractivity contribution is 7.17. The van der Waals surface area contributed by atoms with Crippen LogP contribution in [0.3, 0.4) is 0 Å². The number of nitrogens with zero attached hydrogens (tertiary/aromatic N) is 2. The van der Waals surface area contributed by atoms with E-state index in [1.54, 1.807) is 11.3 Å². The van der Waals surface area contributed by atoms with Crippen molar-refractivity contribution in [1.82, 2.24) is 14.7 Å². The fourth-order valence-corrected chi connectivity index (χ4v) is 3.97. The van der Waals surface area contributed by atoms with Crippen LogP contribution in [-0.4, -0.2) is 40.9 Å². The minimum atomic E-state index is 0.0943. The number of fused-ring (bicyclic) bond motifs is 1. The second kappa shape index (κ2) is 6.04. The van der Waals surface area contributed by atoms with Gasteiger partial charge in [0, 0.05) is 42.8 Å². The van der Waals surface area contributed by atoms with Gasteiger partial charge in [0.2, 0.25) is 0 Å². The number of aryl methyl sites for hydroxylation is 2. The van der Waals surface area contributed by atoms with E-state index in [2.05, 4.69) is 34.7 Å². The molecule has 0 saturated carbocycles. The average molecular weight is 309 g/mol. The number of ether oxygens (including phenoxy) is 1. The van der Waals surface area contributed by atoms with Gasteiger partial charge in [-0.2, -0.15) is 0 Å². The summed E-state index contributed by atoms with van der Waals surface area (Å²) >= 11 is 1.72. The van der Waals surface area contributed by atoms with Crippen molar-refractivity contribution >= 4 is 16.3 Å². The van der Waals surface area contributed by atoms with E-state index in [1.807, 2.05) is 0 Å². The lowest BCUT2D eigenvalue weighted by atomic mass is 9.84. The molecule has 0 aliphatic carbocycles. The summed E-state index contributed by atoms with van der Waals surface area (Å²) in [5, 5.41) is 12.8. The molecular formula is C15H23N3O2S. The molecule has 6 heteroatoms. The lowest BCUT2D eigenvalue weighted by molar-refractivity contribution is 0.124. The van der Waals surface area contributed by atoms with E-state index in [4.69, 9.17) is 4.74 Å². The summed E-state index contributed by atoms with van der Waals surface area (Å²) in [6.07, 6.45) is 3.98. The SMILES string of the molecule is Cc1cn2c(CNCC3(CCO)CCOC3)c(C)nc2s1. The normalized spacial score (nSPS) is 22.4. The van der Waals surface area contributed by atoms with Gasteiger partial charge in [0.1, 0.15) is 0 Å². The van der Waals surface area contributed by atoms with E-state index in [0.717, 1.165) is 49.8 Å². The van der Waals surface area contributed by atoms with Gasteiger partial charge in [0.05, 0.1) is 18.0 Å². The summed E-state index contributed by atoms with van der Waals surface area (Å²) in [4.78, 5) is 6.96. The third-order valence-electron chi connectivity index (χ3n) is 4.36. The number of hydrogen-bond donors (Lipinski definition) is 2. The largest absolute Gasteiger partial charge is 0.396 e. The highest BCUT2D eigenvalue weighted by Gasteiger charge is 2.34. The molecule has 0 amide bonds. The summed E-state index contributed by atoms with van der Waals surface area (Å²) in [6.45, 7) is 7.64. The Morgan fingerprint density at radius 1 is 1.52 bits per heavy atom. The van der Waals surface area contributed by atoms with Gasteiger partial charge >= 0.3 is 0 Å². The van der Waals surface area contributed by atoms with Crippen molar-refractivity contribution in [3.63, 3.8) is 0 Å². The van der Waals surface area contributed by atoms with Gasteiger partial charge in [-0.3, -0.25) is 4.40 Å². The molecule has 3 heterocycles. The molecule has 1 fully saturated rings. The molecule has 1 aliphatic heterocycles. The van der Waals surface area contributed by atoms with Gasteiger partial charge in [-0.25, -0.2) is 4.98 Å². The quantitative estimate of drug-likeness (QED) is 0.855. The minimum absolute atomic E-state index is 0.0943. The molecule has 0 spiro atoms. The van der Waals surface area contributed by atoms with Crippen molar-refractivity contribution in [2.75, 3.05) is 26.4 Å². The number of aliphatic hydroxyl groups excluding tert-OH is 1. The van der Waals surface area contributed by atoms with Gasteiger partial charge < -0.3 is 15.2 Å². The Bertz CT molecular complexity index is 614. The first-order valence-corrected chi connectivity index (χ1v) is 8.28. The van der Waals surface area contributed by atoms with Crippen LogP contribution >= 0.6 is 11.3 Å². The number of imidazole rings is 1. The zero-order valence-electron chi connectivity index (χ0n) is 12.7. The second-order valence-corrected chi connectivity index (χ2v) is 7.23. The van der Waals surface area contributed by atoms with Crippen LogP contribution in [0.4, 0.5) is 0 Å². The number of nitrogens with one attached hydrogen (secondary N) is 1. The lowest BCUT2D eigenvalue weighted by Crippen LogP contribution is -2.35. The van der Waals surface area contributed by atoms with Gasteiger partial charge in [-0.15, -0.1) is 11.3 Å². The van der Waals surface area contributed by atoms with Crippen LogP contribution in [0, 0.1) is 19.3 Å². The van der Waals surface area contributed by atoms with Crippen LogP contribution in [0.5, 0.6) is 0 Å². The van der Waals surface area contributed by atoms with Gasteiger partial charge in [0.15, 0.2) is 4.96 Å². The van der Waals surface area contributed by atoms with E-state index in [1.165, 1.54) is 10.6 Å². The molecule has 21 heavy (non-hydrogen) atoms. The van der Waals surface area contributed by atoms with Crippen molar-refractivity contribution in [3.05, 3.63) is 22.5 Å². The number of hydrogen-bond acceptors (Lipinski definition) is 5. The van der Waals surface area contributed by atoms with Crippen LogP contribution in [0.2, 0.25) is 0 Å². The maximum Gasteiger partial charge on any atom is 0.194 e. The third kappa shape index (κ3) is 2.99. The monoisotopic (exact) mass is 309 g/mol. The van der Waals surface area contributed by atoms with Gasteiger partial charge in [0.25, 0.3) is 0 Å². The summed E-state index contributed by atoms with van der Waals surface area (Å²) in [7, 11) is 0. The molecule has 0 bridgehead atoms. The van der Waals surface area contributed by atoms with Crippen molar-refractivity contribution in [2.45, 2.75) is 33.2 Å². The van der Waals surface area contributed by atoms with Crippen molar-refractivity contribution < 1.29 is 9.84 Å². The molecule has 116 valence electrons. The predicted octanol–water partition coefficient (Wildman–Crippen LogP) is 1.89. The highest BCUT2D eigenvalue weighted by atomic mass is 32.1. The molecule has 5 nitrogen and oxygen atoms in total. The van der Waals surface area contributed by atoms with Crippen molar-refractivity contribution in [1.29, 1.82) is 0 Å². The number of rotatable bonds is 6. The van der Waals surface area contributed by atoms with E-state index in [9.17, 15) is 5.11 Å². The molecule has 1 aliphatic rings. The Balaban J connectivity index is 1.67. The molecule has 3 rings (SSSR count). The lowest BCUT2D eigenvalue weighted by Gasteiger charge is -2.26. The summed E-state index contributed by atoms with van der Waals surface area (Å²) in [6, 6.07) is 0. The van der Waals surface area contributed by atoms with Crippen LogP contribution in [0.25, 0.3) is 4.96 Å². The highest BCUT2D eigenvalue weighted by Crippen LogP contribution is 2.31. The molecule has 2 N–H and O–H groups in total. The van der Waals surface area contributed by atoms with E-state index >= 15 is 0 Å². The molecule has 2 aromatic heterocycles. The van der Waals surface area contributed by atoms with Gasteiger partial charge in [-0.05, 0) is 26.7 Å². The Labute approximate surface area is 129 Å². The topological polar surface area (TPSA) is 58.8 Å². The molecule has 2 aromatic rings. The van der Waals surface area contributed by atoms with E-state index in [0.29, 0.717) is 0 Å². The summed E-state index contributed by atoms with van der Waals surface area (Å²) < 4.78 is 7.72. The molecule has 0 radical (unpaired) electrons. The first-order chi connectivity index (χ1) is 10.1. The zero-order chi connectivity index (χ0) is 14.9. The predicted molar refractivity (Wildman–Crippen MR) is 83.8 cm³/mol. The number of aliphatic hydroxyl groups is 1. The van der Waals surface area contributed by atoms with Crippen LogP contribution in [0.1, 0.15) is 29.1 Å². The fourth-order valence-electron chi connectivity index (χ4n) is 3.08. The summed E-state index contributed by atoms with van der Waals surface area (Å²) in [5.41, 5.74) is 2.41. The first-order valence-electron chi connectivity index (χ1n) is 7.47. The smallest absolute Gasteiger partial charge is 0.194 e. The minimum Gasteiger partial charge on any atom is -0.396 e. The van der Waals surface area contributed by atoms with Crippen molar-refractivity contribution in [2.24, 2.45) is 5.41 Å². The molecule has 1 atom stereocenters.